The molecule has 0 N–H and O–H groups in total. The normalized spacial score (nSPS) is 11.9. The Morgan fingerprint density at radius 1 is 1.40 bits per heavy atom. The summed E-state index contributed by atoms with van der Waals surface area (Å²) >= 11 is 0. The van der Waals surface area contributed by atoms with Crippen molar-refractivity contribution in [1.29, 1.82) is 5.26 Å². The van der Waals surface area contributed by atoms with Gasteiger partial charge in [-0.05, 0) is 13.0 Å². The SMILES string of the molecule is COC(=O)c1cc(/C=C(/C#N)C(=O)C(C)(C)C)oc1C. The van der Waals surface area contributed by atoms with Crippen LogP contribution in [0.5, 0.6) is 0 Å². The van der Waals surface area contributed by atoms with Crippen LogP contribution in [0.1, 0.15) is 42.6 Å². The number of allylic oxidation sites excluding steroid dienone is 1. The minimum absolute atomic E-state index is 0.0114. The molecule has 0 spiro atoms. The Balaban J connectivity index is 3.19. The van der Waals surface area contributed by atoms with Crippen LogP contribution < -0.4 is 0 Å². The van der Waals surface area contributed by atoms with E-state index in [9.17, 15) is 9.59 Å². The van der Waals surface area contributed by atoms with Crippen LogP contribution in [0.2, 0.25) is 0 Å². The molecule has 20 heavy (non-hydrogen) atoms. The van der Waals surface area contributed by atoms with E-state index in [0.717, 1.165) is 0 Å². The maximum Gasteiger partial charge on any atom is 0.341 e. The highest BCUT2D eigenvalue weighted by molar-refractivity contribution is 6.06. The van der Waals surface area contributed by atoms with Gasteiger partial charge in [0.25, 0.3) is 0 Å². The lowest BCUT2D eigenvalue weighted by atomic mass is 9.86. The second kappa shape index (κ2) is 5.74. The number of esters is 1. The van der Waals surface area contributed by atoms with Crippen LogP contribution in [0.15, 0.2) is 16.1 Å². The summed E-state index contributed by atoms with van der Waals surface area (Å²) in [7, 11) is 1.27. The van der Waals surface area contributed by atoms with Gasteiger partial charge in [0, 0.05) is 11.5 Å². The summed E-state index contributed by atoms with van der Waals surface area (Å²) in [6.07, 6.45) is 1.34. The number of aryl methyl sites for hydroxylation is 1. The molecule has 0 radical (unpaired) electrons. The monoisotopic (exact) mass is 275 g/mol. The Labute approximate surface area is 117 Å². The Morgan fingerprint density at radius 3 is 2.45 bits per heavy atom. The van der Waals surface area contributed by atoms with E-state index < -0.39 is 11.4 Å². The fourth-order valence-corrected chi connectivity index (χ4v) is 1.58. The van der Waals surface area contributed by atoms with E-state index in [2.05, 4.69) is 4.74 Å². The second-order valence-corrected chi connectivity index (χ2v) is 5.36. The van der Waals surface area contributed by atoms with Gasteiger partial charge in [-0.25, -0.2) is 4.79 Å². The minimum Gasteiger partial charge on any atom is -0.465 e. The van der Waals surface area contributed by atoms with Gasteiger partial charge in [-0.15, -0.1) is 0 Å². The van der Waals surface area contributed by atoms with Gasteiger partial charge in [-0.2, -0.15) is 5.26 Å². The number of ether oxygens (including phenoxy) is 1. The lowest BCUT2D eigenvalue weighted by Gasteiger charge is -2.15. The van der Waals surface area contributed by atoms with Gasteiger partial charge in [-0.1, -0.05) is 20.8 Å². The molecule has 1 aromatic rings. The summed E-state index contributed by atoms with van der Waals surface area (Å²) in [5, 5.41) is 9.08. The predicted octanol–water partition coefficient (Wildman–Crippen LogP) is 2.90. The van der Waals surface area contributed by atoms with Crippen molar-refractivity contribution in [3.63, 3.8) is 0 Å². The first-order valence-electron chi connectivity index (χ1n) is 6.06. The lowest BCUT2D eigenvalue weighted by molar-refractivity contribution is -0.121. The number of Topliss-reactive ketones (excluding diaryl/α,β-unsaturated/α-hetero) is 1. The van der Waals surface area contributed by atoms with Gasteiger partial charge < -0.3 is 9.15 Å². The van der Waals surface area contributed by atoms with Gasteiger partial charge in [0.2, 0.25) is 0 Å². The average molecular weight is 275 g/mol. The molecule has 0 bridgehead atoms. The Hall–Kier alpha value is -2.35. The number of methoxy groups -OCH3 is 1. The number of nitrogens with zero attached hydrogens (tertiary/aromatic N) is 1. The maximum absolute atomic E-state index is 12.1. The highest BCUT2D eigenvalue weighted by Crippen LogP contribution is 2.23. The molecule has 5 nitrogen and oxygen atoms in total. The number of furan rings is 1. The van der Waals surface area contributed by atoms with Crippen molar-refractivity contribution in [3.8, 4) is 6.07 Å². The molecule has 0 aliphatic heterocycles. The standard InChI is InChI=1S/C15H17NO4/c1-9-12(14(18)19-5)7-11(20-9)6-10(8-16)13(17)15(2,3)4/h6-7H,1-5H3/b10-6-. The fourth-order valence-electron chi connectivity index (χ4n) is 1.58. The minimum atomic E-state index is -0.658. The van der Waals surface area contributed by atoms with Crippen LogP contribution in [-0.4, -0.2) is 18.9 Å². The van der Waals surface area contributed by atoms with E-state index >= 15 is 0 Å². The van der Waals surface area contributed by atoms with E-state index in [1.807, 2.05) is 6.07 Å². The van der Waals surface area contributed by atoms with Crippen molar-refractivity contribution in [3.05, 3.63) is 28.7 Å². The fraction of sp³-hybridized carbons (Fsp3) is 0.400. The van der Waals surface area contributed by atoms with Gasteiger partial charge in [0.1, 0.15) is 23.2 Å². The van der Waals surface area contributed by atoms with E-state index in [1.54, 1.807) is 27.7 Å². The first-order valence-corrected chi connectivity index (χ1v) is 6.06. The van der Waals surface area contributed by atoms with Crippen LogP contribution >= 0.6 is 0 Å². The summed E-state index contributed by atoms with van der Waals surface area (Å²) in [6, 6.07) is 3.32. The molecule has 5 heteroatoms. The zero-order valence-electron chi connectivity index (χ0n) is 12.2. The zero-order valence-corrected chi connectivity index (χ0v) is 12.2. The van der Waals surface area contributed by atoms with Crippen molar-refractivity contribution in [1.82, 2.24) is 0 Å². The van der Waals surface area contributed by atoms with Crippen LogP contribution in [0.25, 0.3) is 6.08 Å². The smallest absolute Gasteiger partial charge is 0.341 e. The van der Waals surface area contributed by atoms with Gasteiger partial charge >= 0.3 is 5.97 Å². The van der Waals surface area contributed by atoms with Crippen molar-refractivity contribution >= 4 is 17.8 Å². The molecule has 0 saturated heterocycles. The van der Waals surface area contributed by atoms with E-state index in [-0.39, 0.29) is 22.7 Å². The number of hydrogen-bond acceptors (Lipinski definition) is 5. The number of nitriles is 1. The van der Waals surface area contributed by atoms with Gasteiger partial charge in [0.15, 0.2) is 5.78 Å². The van der Waals surface area contributed by atoms with Gasteiger partial charge in [0.05, 0.1) is 12.7 Å². The largest absolute Gasteiger partial charge is 0.465 e. The van der Waals surface area contributed by atoms with E-state index in [1.165, 1.54) is 19.3 Å². The third-order valence-electron chi connectivity index (χ3n) is 2.68. The average Bonchev–Trinajstić information content (AvgIpc) is 2.74. The molecule has 1 heterocycles. The summed E-state index contributed by atoms with van der Waals surface area (Å²) in [5.41, 5.74) is -0.393. The molecule has 0 atom stereocenters. The number of rotatable bonds is 3. The molecular weight excluding hydrogens is 258 g/mol. The highest BCUT2D eigenvalue weighted by Gasteiger charge is 2.25. The zero-order chi connectivity index (χ0) is 15.5. The Bertz CT molecular complexity index is 609. The van der Waals surface area contributed by atoms with Gasteiger partial charge in [-0.3, -0.25) is 4.79 Å². The molecule has 0 saturated carbocycles. The first kappa shape index (κ1) is 15.7. The molecule has 0 amide bonds. The van der Waals surface area contributed by atoms with E-state index in [0.29, 0.717) is 5.76 Å². The molecule has 0 aliphatic carbocycles. The summed E-state index contributed by atoms with van der Waals surface area (Å²) in [4.78, 5) is 23.5. The molecule has 106 valence electrons. The van der Waals surface area contributed by atoms with E-state index in [4.69, 9.17) is 9.68 Å². The predicted molar refractivity (Wildman–Crippen MR) is 72.8 cm³/mol. The lowest BCUT2D eigenvalue weighted by Crippen LogP contribution is -2.21. The topological polar surface area (TPSA) is 80.3 Å². The third kappa shape index (κ3) is 3.35. The number of carbonyl (C=O) groups excluding carboxylic acids is 2. The third-order valence-corrected chi connectivity index (χ3v) is 2.68. The molecule has 1 aromatic heterocycles. The first-order chi connectivity index (χ1) is 9.20. The Kier molecular flexibility index (Phi) is 4.51. The molecule has 0 fully saturated rings. The van der Waals surface area contributed by atoms with Crippen LogP contribution in [-0.2, 0) is 9.53 Å². The summed E-state index contributed by atoms with van der Waals surface area (Å²) < 4.78 is 9.96. The summed E-state index contributed by atoms with van der Waals surface area (Å²) in [5.74, 6) is -0.152. The quantitative estimate of drug-likeness (QED) is 0.481. The van der Waals surface area contributed by atoms with Crippen LogP contribution in [0, 0.1) is 23.7 Å². The van der Waals surface area contributed by atoms with Crippen molar-refractivity contribution in [2.75, 3.05) is 7.11 Å². The molecule has 1 rings (SSSR count). The maximum atomic E-state index is 12.1. The second-order valence-electron chi connectivity index (χ2n) is 5.36. The van der Waals surface area contributed by atoms with Crippen molar-refractivity contribution < 1.29 is 18.7 Å². The van der Waals surface area contributed by atoms with Crippen molar-refractivity contribution in [2.24, 2.45) is 5.41 Å². The van der Waals surface area contributed by atoms with Crippen LogP contribution in [0.3, 0.4) is 0 Å². The molecule has 0 aliphatic rings. The Morgan fingerprint density at radius 2 is 2.00 bits per heavy atom. The van der Waals surface area contributed by atoms with Crippen molar-refractivity contribution in [2.45, 2.75) is 27.7 Å². The molecular formula is C15H17NO4. The molecule has 0 aromatic carbocycles. The highest BCUT2D eigenvalue weighted by atomic mass is 16.5. The summed E-state index contributed by atoms with van der Waals surface area (Å²) in [6.45, 7) is 6.80. The number of carbonyl (C=O) groups is 2. The number of ketones is 1. The number of hydrogen-bond donors (Lipinski definition) is 0. The van der Waals surface area contributed by atoms with Crippen LogP contribution in [0.4, 0.5) is 0 Å². The molecule has 0 unspecified atom stereocenters.